The van der Waals surface area contributed by atoms with Crippen molar-refractivity contribution >= 4 is 0 Å². The SMILES string of the molecule is C=C1CC2CCC(O)C(C1)C2. The summed E-state index contributed by atoms with van der Waals surface area (Å²) in [6.07, 6.45) is 5.78. The molecule has 2 aliphatic carbocycles. The first kappa shape index (κ1) is 7.35. The quantitative estimate of drug-likeness (QED) is 0.527. The predicted molar refractivity (Wildman–Crippen MR) is 45.2 cm³/mol. The zero-order chi connectivity index (χ0) is 7.84. The second-order valence-electron chi connectivity index (χ2n) is 4.16. The molecule has 0 amide bonds. The van der Waals surface area contributed by atoms with Crippen LogP contribution in [0.25, 0.3) is 0 Å². The van der Waals surface area contributed by atoms with Gasteiger partial charge in [0.25, 0.3) is 0 Å². The summed E-state index contributed by atoms with van der Waals surface area (Å²) in [4.78, 5) is 0. The van der Waals surface area contributed by atoms with Crippen LogP contribution in [0.1, 0.15) is 32.1 Å². The minimum absolute atomic E-state index is 0.0247. The number of fused-ring (bicyclic) bond motifs is 2. The third-order valence-electron chi connectivity index (χ3n) is 3.18. The molecule has 2 bridgehead atoms. The third-order valence-corrected chi connectivity index (χ3v) is 3.18. The van der Waals surface area contributed by atoms with Gasteiger partial charge in [-0.25, -0.2) is 0 Å². The zero-order valence-electron chi connectivity index (χ0n) is 6.92. The molecule has 0 aromatic rings. The summed E-state index contributed by atoms with van der Waals surface area (Å²) in [6.45, 7) is 4.02. The van der Waals surface area contributed by atoms with Crippen LogP contribution in [0.2, 0.25) is 0 Å². The molecule has 2 rings (SSSR count). The minimum atomic E-state index is -0.0247. The highest BCUT2D eigenvalue weighted by atomic mass is 16.3. The smallest absolute Gasteiger partial charge is 0.0571 e. The van der Waals surface area contributed by atoms with Gasteiger partial charge in [0, 0.05) is 0 Å². The second-order valence-corrected chi connectivity index (χ2v) is 4.16. The molecule has 0 heterocycles. The van der Waals surface area contributed by atoms with E-state index in [9.17, 15) is 5.11 Å². The average molecular weight is 152 g/mol. The molecular formula is C10H16O. The first-order valence-corrected chi connectivity index (χ1v) is 4.60. The number of allylic oxidation sites excluding steroid dienone is 1. The standard InChI is InChI=1S/C10H16O/c1-7-4-8-2-3-10(11)9(5-7)6-8/h8-11H,1-6H2. The van der Waals surface area contributed by atoms with Crippen molar-refractivity contribution in [2.24, 2.45) is 11.8 Å². The maximum Gasteiger partial charge on any atom is 0.0571 e. The van der Waals surface area contributed by atoms with E-state index in [4.69, 9.17) is 0 Å². The fourth-order valence-electron chi connectivity index (χ4n) is 2.61. The summed E-state index contributed by atoms with van der Waals surface area (Å²) in [7, 11) is 0. The van der Waals surface area contributed by atoms with Crippen LogP contribution in [-0.2, 0) is 0 Å². The van der Waals surface area contributed by atoms with Crippen LogP contribution in [0, 0.1) is 11.8 Å². The molecule has 0 aromatic carbocycles. The molecule has 1 heteroatoms. The Morgan fingerprint density at radius 2 is 2.09 bits per heavy atom. The highest BCUT2D eigenvalue weighted by molar-refractivity contribution is 5.05. The van der Waals surface area contributed by atoms with Crippen molar-refractivity contribution in [3.63, 3.8) is 0 Å². The van der Waals surface area contributed by atoms with Crippen molar-refractivity contribution < 1.29 is 5.11 Å². The lowest BCUT2D eigenvalue weighted by molar-refractivity contribution is 0.0362. The molecule has 0 saturated heterocycles. The first-order chi connectivity index (χ1) is 5.25. The van der Waals surface area contributed by atoms with Crippen molar-refractivity contribution in [1.29, 1.82) is 0 Å². The molecule has 0 aliphatic heterocycles. The normalized spacial score (nSPS) is 44.1. The van der Waals surface area contributed by atoms with Gasteiger partial charge in [0.2, 0.25) is 0 Å². The summed E-state index contributed by atoms with van der Waals surface area (Å²) < 4.78 is 0. The van der Waals surface area contributed by atoms with Crippen LogP contribution in [0.4, 0.5) is 0 Å². The molecule has 0 spiro atoms. The molecule has 0 aromatic heterocycles. The van der Waals surface area contributed by atoms with Crippen molar-refractivity contribution in [1.82, 2.24) is 0 Å². The fraction of sp³-hybridized carbons (Fsp3) is 0.800. The van der Waals surface area contributed by atoms with Gasteiger partial charge in [-0.3, -0.25) is 0 Å². The lowest BCUT2D eigenvalue weighted by atomic mass is 9.69. The Hall–Kier alpha value is -0.300. The molecule has 1 N–H and O–H groups in total. The molecular weight excluding hydrogens is 136 g/mol. The maximum absolute atomic E-state index is 9.60. The molecule has 3 unspecified atom stereocenters. The number of aliphatic hydroxyl groups excluding tert-OH is 1. The van der Waals surface area contributed by atoms with Crippen LogP contribution >= 0.6 is 0 Å². The molecule has 1 nitrogen and oxygen atoms in total. The number of rotatable bonds is 0. The summed E-state index contributed by atoms with van der Waals surface area (Å²) in [5.74, 6) is 1.40. The van der Waals surface area contributed by atoms with Crippen LogP contribution in [0.5, 0.6) is 0 Å². The lowest BCUT2D eigenvalue weighted by Crippen LogP contribution is -2.32. The number of hydrogen-bond acceptors (Lipinski definition) is 1. The molecule has 3 atom stereocenters. The van der Waals surface area contributed by atoms with E-state index in [2.05, 4.69) is 6.58 Å². The third kappa shape index (κ3) is 1.34. The van der Waals surface area contributed by atoms with E-state index in [1.54, 1.807) is 0 Å². The Balaban J connectivity index is 2.08. The largest absolute Gasteiger partial charge is 0.393 e. The second kappa shape index (κ2) is 2.63. The van der Waals surface area contributed by atoms with Crippen molar-refractivity contribution in [3.8, 4) is 0 Å². The van der Waals surface area contributed by atoms with E-state index in [-0.39, 0.29) is 6.10 Å². The van der Waals surface area contributed by atoms with Crippen molar-refractivity contribution in [3.05, 3.63) is 12.2 Å². The molecule has 11 heavy (non-hydrogen) atoms. The van der Waals surface area contributed by atoms with E-state index in [0.29, 0.717) is 5.92 Å². The van der Waals surface area contributed by atoms with Gasteiger partial charge in [0.1, 0.15) is 0 Å². The van der Waals surface area contributed by atoms with Gasteiger partial charge in [-0.15, -0.1) is 0 Å². The predicted octanol–water partition coefficient (Wildman–Crippen LogP) is 2.11. The summed E-state index contributed by atoms with van der Waals surface area (Å²) >= 11 is 0. The maximum atomic E-state index is 9.60. The van der Waals surface area contributed by atoms with Gasteiger partial charge in [-0.2, -0.15) is 0 Å². The zero-order valence-corrected chi connectivity index (χ0v) is 6.92. The van der Waals surface area contributed by atoms with Crippen molar-refractivity contribution in [2.75, 3.05) is 0 Å². The van der Waals surface area contributed by atoms with Gasteiger partial charge in [-0.05, 0) is 43.9 Å². The molecule has 62 valence electrons. The van der Waals surface area contributed by atoms with Crippen LogP contribution in [-0.4, -0.2) is 11.2 Å². The fourth-order valence-corrected chi connectivity index (χ4v) is 2.61. The van der Waals surface area contributed by atoms with Gasteiger partial charge in [0.05, 0.1) is 6.10 Å². The molecule has 2 fully saturated rings. The molecule has 2 aliphatic rings. The number of aliphatic hydroxyl groups is 1. The monoisotopic (exact) mass is 152 g/mol. The molecule has 2 saturated carbocycles. The minimum Gasteiger partial charge on any atom is -0.393 e. The van der Waals surface area contributed by atoms with E-state index in [1.165, 1.54) is 24.8 Å². The van der Waals surface area contributed by atoms with Gasteiger partial charge >= 0.3 is 0 Å². The van der Waals surface area contributed by atoms with Gasteiger partial charge < -0.3 is 5.11 Å². The first-order valence-electron chi connectivity index (χ1n) is 4.60. The summed E-state index contributed by atoms with van der Waals surface area (Å²) in [5.41, 5.74) is 1.37. The van der Waals surface area contributed by atoms with Crippen LogP contribution < -0.4 is 0 Å². The Kier molecular flexibility index (Phi) is 1.76. The Labute approximate surface area is 68.1 Å². The van der Waals surface area contributed by atoms with Gasteiger partial charge in [0.15, 0.2) is 0 Å². The van der Waals surface area contributed by atoms with Crippen LogP contribution in [0.3, 0.4) is 0 Å². The number of hydrogen-bond donors (Lipinski definition) is 1. The van der Waals surface area contributed by atoms with Gasteiger partial charge in [-0.1, -0.05) is 12.2 Å². The van der Waals surface area contributed by atoms with Crippen molar-refractivity contribution in [2.45, 2.75) is 38.2 Å². The lowest BCUT2D eigenvalue weighted by Gasteiger charge is -2.38. The Morgan fingerprint density at radius 1 is 1.27 bits per heavy atom. The topological polar surface area (TPSA) is 20.2 Å². The Bertz CT molecular complexity index is 174. The summed E-state index contributed by atoms with van der Waals surface area (Å²) in [6, 6.07) is 0. The molecule has 0 radical (unpaired) electrons. The van der Waals surface area contributed by atoms with E-state index >= 15 is 0 Å². The van der Waals surface area contributed by atoms with E-state index in [0.717, 1.165) is 18.8 Å². The van der Waals surface area contributed by atoms with E-state index < -0.39 is 0 Å². The average Bonchev–Trinajstić information content (AvgIpc) is 1.97. The highest BCUT2D eigenvalue weighted by Gasteiger charge is 2.33. The van der Waals surface area contributed by atoms with E-state index in [1.807, 2.05) is 0 Å². The highest BCUT2D eigenvalue weighted by Crippen LogP contribution is 2.41. The van der Waals surface area contributed by atoms with Crippen LogP contribution in [0.15, 0.2) is 12.2 Å². The summed E-state index contributed by atoms with van der Waals surface area (Å²) in [5, 5.41) is 9.60. The Morgan fingerprint density at radius 3 is 2.91 bits per heavy atom.